The molecule has 1 aromatic rings. The molecule has 2 unspecified atom stereocenters. The van der Waals surface area contributed by atoms with Gasteiger partial charge in [-0.25, -0.2) is 13.2 Å². The molecule has 0 bridgehead atoms. The molecule has 0 N–H and O–H groups in total. The summed E-state index contributed by atoms with van der Waals surface area (Å²) in [7, 11) is 0. The molecule has 2 aliphatic heterocycles. The fraction of sp³-hybridized carbons (Fsp3) is 0.760. The molecule has 0 amide bonds. The topological polar surface area (TPSA) is 27.7 Å². The number of hydrogen-bond acceptors (Lipinski definition) is 3. The molecule has 2 fully saturated rings. The van der Waals surface area contributed by atoms with Gasteiger partial charge in [-0.1, -0.05) is 38.8 Å². The van der Waals surface area contributed by atoms with Gasteiger partial charge < -0.3 is 14.2 Å². The van der Waals surface area contributed by atoms with Crippen molar-refractivity contribution in [2.24, 2.45) is 5.92 Å². The summed E-state index contributed by atoms with van der Waals surface area (Å²) in [4.78, 5) is 0. The summed E-state index contributed by atoms with van der Waals surface area (Å²) in [6, 6.07) is 3.34. The van der Waals surface area contributed by atoms with Gasteiger partial charge in [0.25, 0.3) is 0 Å². The normalized spacial score (nSPS) is 29.3. The first kappa shape index (κ1) is 24.5. The Hall–Kier alpha value is -1.11. The van der Waals surface area contributed by atoms with Crippen LogP contribution in [0.5, 0.6) is 0 Å². The summed E-state index contributed by atoms with van der Waals surface area (Å²) >= 11 is 0. The van der Waals surface area contributed by atoms with Gasteiger partial charge in [-0.3, -0.25) is 0 Å². The minimum atomic E-state index is -1.44. The predicted octanol–water partition coefficient (Wildman–Crippen LogP) is 6.31. The highest BCUT2D eigenvalue weighted by molar-refractivity contribution is 5.27. The minimum Gasteiger partial charge on any atom is -0.378 e. The van der Waals surface area contributed by atoms with Crippen LogP contribution in [0.2, 0.25) is 0 Å². The lowest BCUT2D eigenvalue weighted by molar-refractivity contribution is -0.236. The van der Waals surface area contributed by atoms with Crippen molar-refractivity contribution in [3.05, 3.63) is 34.9 Å². The van der Waals surface area contributed by atoms with Crippen molar-refractivity contribution < 1.29 is 27.4 Å². The van der Waals surface area contributed by atoms with E-state index in [9.17, 15) is 13.2 Å². The second kappa shape index (κ2) is 11.7. The molecule has 31 heavy (non-hydrogen) atoms. The van der Waals surface area contributed by atoms with Gasteiger partial charge >= 0.3 is 0 Å². The second-order valence-corrected chi connectivity index (χ2v) is 9.23. The minimum absolute atomic E-state index is 0.00857. The van der Waals surface area contributed by atoms with Crippen LogP contribution in [-0.4, -0.2) is 37.9 Å². The summed E-state index contributed by atoms with van der Waals surface area (Å²) in [6.07, 6.45) is 7.25. The SMILES string of the molecule is CCCC1CCC(CCc2ccc(CCC3OCC(F)(CCC)CO3)c(F)c2F)CO1. The van der Waals surface area contributed by atoms with Crippen molar-refractivity contribution >= 4 is 0 Å². The molecule has 1 aromatic carbocycles. The number of hydrogen-bond donors (Lipinski definition) is 0. The second-order valence-electron chi connectivity index (χ2n) is 9.23. The van der Waals surface area contributed by atoms with Crippen LogP contribution in [0.25, 0.3) is 0 Å². The highest BCUT2D eigenvalue weighted by atomic mass is 19.2. The van der Waals surface area contributed by atoms with Crippen LogP contribution < -0.4 is 0 Å². The molecule has 3 nitrogen and oxygen atoms in total. The largest absolute Gasteiger partial charge is 0.378 e. The van der Waals surface area contributed by atoms with Crippen molar-refractivity contribution in [1.29, 1.82) is 0 Å². The Balaban J connectivity index is 1.45. The summed E-state index contributed by atoms with van der Waals surface area (Å²) in [5.41, 5.74) is -0.712. The molecule has 3 rings (SSSR count). The van der Waals surface area contributed by atoms with E-state index in [1.54, 1.807) is 12.1 Å². The summed E-state index contributed by atoms with van der Waals surface area (Å²) in [5, 5.41) is 0. The van der Waals surface area contributed by atoms with Gasteiger partial charge in [0.1, 0.15) is 0 Å². The quantitative estimate of drug-likeness (QED) is 0.425. The third-order valence-corrected chi connectivity index (χ3v) is 6.54. The van der Waals surface area contributed by atoms with E-state index < -0.39 is 23.6 Å². The van der Waals surface area contributed by atoms with Gasteiger partial charge in [0.15, 0.2) is 23.6 Å². The molecule has 2 heterocycles. The van der Waals surface area contributed by atoms with E-state index in [2.05, 4.69) is 6.92 Å². The molecule has 0 spiro atoms. The monoisotopic (exact) mass is 442 g/mol. The molecule has 0 radical (unpaired) electrons. The fourth-order valence-corrected chi connectivity index (χ4v) is 4.62. The molecule has 6 heteroatoms. The molecule has 2 saturated heterocycles. The van der Waals surface area contributed by atoms with Crippen LogP contribution in [0.15, 0.2) is 12.1 Å². The molecule has 0 aliphatic carbocycles. The summed E-state index contributed by atoms with van der Waals surface area (Å²) < 4.78 is 60.4. The van der Waals surface area contributed by atoms with Crippen LogP contribution in [0.3, 0.4) is 0 Å². The molecule has 2 aliphatic rings. The first-order valence-corrected chi connectivity index (χ1v) is 11.9. The van der Waals surface area contributed by atoms with Crippen LogP contribution in [0, 0.1) is 17.6 Å². The lowest BCUT2D eigenvalue weighted by Crippen LogP contribution is -2.44. The van der Waals surface area contributed by atoms with E-state index >= 15 is 0 Å². The third-order valence-electron chi connectivity index (χ3n) is 6.54. The van der Waals surface area contributed by atoms with Crippen LogP contribution in [0.4, 0.5) is 13.2 Å². The number of benzene rings is 1. The smallest absolute Gasteiger partial charge is 0.162 e. The first-order chi connectivity index (χ1) is 14.9. The highest BCUT2D eigenvalue weighted by Gasteiger charge is 2.36. The molecular formula is C25H37F3O3. The zero-order valence-electron chi connectivity index (χ0n) is 18.9. The number of ether oxygens (including phenoxy) is 3. The van der Waals surface area contributed by atoms with E-state index in [-0.39, 0.29) is 19.6 Å². The molecule has 2 atom stereocenters. The van der Waals surface area contributed by atoms with Gasteiger partial charge in [0.2, 0.25) is 0 Å². The molecule has 0 aromatic heterocycles. The highest BCUT2D eigenvalue weighted by Crippen LogP contribution is 2.29. The Morgan fingerprint density at radius 2 is 1.52 bits per heavy atom. The van der Waals surface area contributed by atoms with Gasteiger partial charge in [0.05, 0.1) is 19.3 Å². The van der Waals surface area contributed by atoms with Gasteiger partial charge in [0, 0.05) is 13.0 Å². The van der Waals surface area contributed by atoms with Crippen LogP contribution in [-0.2, 0) is 27.1 Å². The number of alkyl halides is 1. The maximum Gasteiger partial charge on any atom is 0.162 e. The predicted molar refractivity (Wildman–Crippen MR) is 115 cm³/mol. The van der Waals surface area contributed by atoms with E-state index in [0.717, 1.165) is 38.5 Å². The van der Waals surface area contributed by atoms with E-state index in [0.29, 0.717) is 49.0 Å². The van der Waals surface area contributed by atoms with Crippen molar-refractivity contribution in [3.8, 4) is 0 Å². The number of halogens is 3. The van der Waals surface area contributed by atoms with Gasteiger partial charge in [-0.2, -0.15) is 0 Å². The number of aryl methyl sites for hydroxylation is 2. The van der Waals surface area contributed by atoms with Crippen LogP contribution >= 0.6 is 0 Å². The first-order valence-electron chi connectivity index (χ1n) is 11.9. The maximum absolute atomic E-state index is 14.6. The standard InChI is InChI=1S/C25H37F3O3/c1-3-5-21-12-7-18(15-29-21)6-8-19-9-10-20(24(27)23(19)26)11-13-22-30-16-25(28,14-4-2)17-31-22/h9-10,18,21-22H,3-8,11-17H2,1-2H3. The Morgan fingerprint density at radius 3 is 2.06 bits per heavy atom. The lowest BCUT2D eigenvalue weighted by Gasteiger charge is -2.34. The summed E-state index contributed by atoms with van der Waals surface area (Å²) in [6.45, 7) is 4.78. The van der Waals surface area contributed by atoms with Crippen molar-refractivity contribution in [3.63, 3.8) is 0 Å². The maximum atomic E-state index is 14.6. The average molecular weight is 443 g/mol. The van der Waals surface area contributed by atoms with E-state index in [4.69, 9.17) is 14.2 Å². The Kier molecular flexibility index (Phi) is 9.23. The third kappa shape index (κ3) is 6.93. The summed E-state index contributed by atoms with van der Waals surface area (Å²) in [5.74, 6) is -1.14. The zero-order valence-corrected chi connectivity index (χ0v) is 18.9. The fourth-order valence-electron chi connectivity index (χ4n) is 4.62. The molecule has 0 saturated carbocycles. The van der Waals surface area contributed by atoms with Gasteiger partial charge in [-0.05, 0) is 62.0 Å². The molecular weight excluding hydrogens is 405 g/mol. The Labute approximate surface area is 184 Å². The van der Waals surface area contributed by atoms with E-state index in [1.165, 1.54) is 0 Å². The zero-order chi connectivity index (χ0) is 22.3. The van der Waals surface area contributed by atoms with E-state index in [1.807, 2.05) is 6.92 Å². The van der Waals surface area contributed by atoms with Crippen molar-refractivity contribution in [2.75, 3.05) is 19.8 Å². The Bertz CT molecular complexity index is 681. The van der Waals surface area contributed by atoms with Crippen LogP contribution in [0.1, 0.15) is 76.3 Å². The lowest BCUT2D eigenvalue weighted by atomic mass is 9.91. The number of rotatable bonds is 10. The van der Waals surface area contributed by atoms with Gasteiger partial charge in [-0.15, -0.1) is 0 Å². The Morgan fingerprint density at radius 1 is 0.871 bits per heavy atom. The van der Waals surface area contributed by atoms with Crippen molar-refractivity contribution in [1.82, 2.24) is 0 Å². The van der Waals surface area contributed by atoms with Crippen molar-refractivity contribution in [2.45, 2.75) is 96.1 Å². The average Bonchev–Trinajstić information content (AvgIpc) is 2.77. The molecule has 176 valence electrons.